The fourth-order valence-corrected chi connectivity index (χ4v) is 6.34. The van der Waals surface area contributed by atoms with Crippen LogP contribution in [0.25, 0.3) is 0 Å². The van der Waals surface area contributed by atoms with E-state index in [-0.39, 0.29) is 12.0 Å². The Balaban J connectivity index is 1.52. The van der Waals surface area contributed by atoms with Crippen molar-refractivity contribution in [2.75, 3.05) is 31.6 Å². The second-order valence-electron chi connectivity index (χ2n) is 7.80. The van der Waals surface area contributed by atoms with Gasteiger partial charge in [0.1, 0.15) is 0 Å². The number of morpholine rings is 1. The van der Waals surface area contributed by atoms with Gasteiger partial charge >= 0.3 is 0 Å². The summed E-state index contributed by atoms with van der Waals surface area (Å²) in [6.45, 7) is 1.70. The summed E-state index contributed by atoms with van der Waals surface area (Å²) >= 11 is 6.23. The predicted molar refractivity (Wildman–Crippen MR) is 114 cm³/mol. The number of nitrogens with zero attached hydrogens (tertiary/aromatic N) is 1. The van der Waals surface area contributed by atoms with E-state index in [0.29, 0.717) is 37.1 Å². The molecule has 2 aliphatic heterocycles. The third kappa shape index (κ3) is 3.38. The number of hydrogen-bond donors (Lipinski definition) is 1. The van der Waals surface area contributed by atoms with Gasteiger partial charge in [0.15, 0.2) is 0 Å². The molecule has 2 aromatic rings. The van der Waals surface area contributed by atoms with E-state index in [9.17, 15) is 8.42 Å². The van der Waals surface area contributed by atoms with Gasteiger partial charge < -0.3 is 10.1 Å². The molecule has 5 nitrogen and oxygen atoms in total. The van der Waals surface area contributed by atoms with E-state index in [1.807, 2.05) is 30.3 Å². The Morgan fingerprint density at radius 2 is 1.93 bits per heavy atom. The van der Waals surface area contributed by atoms with Crippen molar-refractivity contribution in [1.82, 2.24) is 4.31 Å². The van der Waals surface area contributed by atoms with Crippen LogP contribution in [-0.2, 0) is 14.8 Å². The SMILES string of the molecule is O=S(=O)(c1ccc2c(c1)C1C=CCC1C(c1cccc(Cl)c1)N2)N1CCOCC1. The van der Waals surface area contributed by atoms with Crippen LogP contribution in [0.15, 0.2) is 59.5 Å². The Bertz CT molecular complexity index is 1060. The maximum absolute atomic E-state index is 13.1. The van der Waals surface area contributed by atoms with Gasteiger partial charge in [-0.3, -0.25) is 0 Å². The molecule has 0 radical (unpaired) electrons. The molecular formula is C22H23ClN2O3S. The highest BCUT2D eigenvalue weighted by Gasteiger charge is 2.39. The molecule has 1 saturated heterocycles. The van der Waals surface area contributed by atoms with Gasteiger partial charge in [-0.2, -0.15) is 4.31 Å². The lowest BCUT2D eigenvalue weighted by Crippen LogP contribution is -2.40. The standard InChI is InChI=1S/C22H23ClN2O3S/c23-16-4-1-3-15(13-16)22-19-6-2-5-18(19)20-14-17(7-8-21(20)24-22)29(26,27)25-9-11-28-12-10-25/h1-5,7-8,13-14,18-19,22,24H,6,9-12H2. The van der Waals surface area contributed by atoms with E-state index in [2.05, 4.69) is 23.5 Å². The minimum atomic E-state index is -3.51. The molecule has 0 saturated carbocycles. The Labute approximate surface area is 176 Å². The van der Waals surface area contributed by atoms with Crippen LogP contribution < -0.4 is 5.32 Å². The van der Waals surface area contributed by atoms with Crippen LogP contribution in [0.2, 0.25) is 5.02 Å². The number of ether oxygens (including phenoxy) is 1. The van der Waals surface area contributed by atoms with Crippen LogP contribution in [-0.4, -0.2) is 39.0 Å². The quantitative estimate of drug-likeness (QED) is 0.742. The average molecular weight is 431 g/mol. The number of sulfonamides is 1. The third-order valence-corrected chi connectivity index (χ3v) is 8.28. The topological polar surface area (TPSA) is 58.6 Å². The summed E-state index contributed by atoms with van der Waals surface area (Å²) in [4.78, 5) is 0.361. The molecule has 0 aromatic heterocycles. The summed E-state index contributed by atoms with van der Waals surface area (Å²) in [5, 5.41) is 4.37. The van der Waals surface area contributed by atoms with Crippen LogP contribution in [0.1, 0.15) is 29.5 Å². The first-order chi connectivity index (χ1) is 14.0. The molecule has 3 unspecified atom stereocenters. The smallest absolute Gasteiger partial charge is 0.243 e. The summed E-state index contributed by atoms with van der Waals surface area (Å²) in [5.74, 6) is 0.525. The molecule has 5 rings (SSSR count). The summed E-state index contributed by atoms with van der Waals surface area (Å²) in [6.07, 6.45) is 5.37. The first-order valence-corrected chi connectivity index (χ1v) is 11.8. The van der Waals surface area contributed by atoms with Gasteiger partial charge in [-0.15, -0.1) is 0 Å². The van der Waals surface area contributed by atoms with Crippen molar-refractivity contribution < 1.29 is 13.2 Å². The molecule has 0 spiro atoms. The fourth-order valence-electron chi connectivity index (χ4n) is 4.70. The number of hydrogen-bond acceptors (Lipinski definition) is 4. The number of fused-ring (bicyclic) bond motifs is 3. The molecule has 0 bridgehead atoms. The molecule has 2 aromatic carbocycles. The van der Waals surface area contributed by atoms with Gasteiger partial charge in [0.2, 0.25) is 10.0 Å². The molecule has 7 heteroatoms. The molecule has 152 valence electrons. The van der Waals surface area contributed by atoms with Crippen molar-refractivity contribution in [1.29, 1.82) is 0 Å². The number of allylic oxidation sites excluding steroid dienone is 2. The highest BCUT2D eigenvalue weighted by Crippen LogP contribution is 2.50. The Kier molecular flexibility index (Phi) is 4.90. The molecule has 1 N–H and O–H groups in total. The van der Waals surface area contributed by atoms with Gasteiger partial charge in [-0.1, -0.05) is 35.9 Å². The Morgan fingerprint density at radius 3 is 2.72 bits per heavy atom. The minimum absolute atomic E-state index is 0.142. The highest BCUT2D eigenvalue weighted by molar-refractivity contribution is 7.89. The van der Waals surface area contributed by atoms with Gasteiger partial charge in [0.25, 0.3) is 0 Å². The molecule has 3 aliphatic rings. The van der Waals surface area contributed by atoms with Crippen LogP contribution in [0, 0.1) is 5.92 Å². The number of rotatable bonds is 3. The predicted octanol–water partition coefficient (Wildman–Crippen LogP) is 4.19. The zero-order chi connectivity index (χ0) is 20.0. The molecule has 0 amide bonds. The van der Waals surface area contributed by atoms with Crippen LogP contribution in [0.4, 0.5) is 5.69 Å². The highest BCUT2D eigenvalue weighted by atomic mass is 35.5. The van der Waals surface area contributed by atoms with Crippen molar-refractivity contribution in [3.05, 3.63) is 70.8 Å². The molecule has 3 atom stereocenters. The average Bonchev–Trinajstić information content (AvgIpc) is 3.23. The lowest BCUT2D eigenvalue weighted by molar-refractivity contribution is 0.0730. The summed E-state index contributed by atoms with van der Waals surface area (Å²) in [5.41, 5.74) is 3.20. The minimum Gasteiger partial charge on any atom is -0.379 e. The second kappa shape index (κ2) is 7.43. The first kappa shape index (κ1) is 19.1. The van der Waals surface area contributed by atoms with E-state index in [1.54, 1.807) is 6.07 Å². The Morgan fingerprint density at radius 1 is 1.10 bits per heavy atom. The van der Waals surface area contributed by atoms with Crippen molar-refractivity contribution in [3.63, 3.8) is 0 Å². The van der Waals surface area contributed by atoms with E-state index < -0.39 is 10.0 Å². The maximum Gasteiger partial charge on any atom is 0.243 e. The normalized spacial score (nSPS) is 26.6. The molecule has 1 aliphatic carbocycles. The monoisotopic (exact) mass is 430 g/mol. The summed E-state index contributed by atoms with van der Waals surface area (Å²) < 4.78 is 33.0. The van der Waals surface area contributed by atoms with Gasteiger partial charge in [-0.05, 0) is 53.8 Å². The van der Waals surface area contributed by atoms with E-state index in [0.717, 1.165) is 28.3 Å². The lowest BCUT2D eigenvalue weighted by Gasteiger charge is -2.38. The van der Waals surface area contributed by atoms with Crippen molar-refractivity contribution >= 4 is 27.3 Å². The van der Waals surface area contributed by atoms with E-state index in [1.165, 1.54) is 4.31 Å². The molecule has 29 heavy (non-hydrogen) atoms. The Hall–Kier alpha value is -1.86. The summed E-state index contributed by atoms with van der Waals surface area (Å²) in [6, 6.07) is 13.6. The van der Waals surface area contributed by atoms with Gasteiger partial charge in [-0.25, -0.2) is 8.42 Å². The van der Waals surface area contributed by atoms with E-state index in [4.69, 9.17) is 16.3 Å². The molecule has 2 heterocycles. The second-order valence-corrected chi connectivity index (χ2v) is 10.2. The van der Waals surface area contributed by atoms with Crippen LogP contribution in [0.3, 0.4) is 0 Å². The van der Waals surface area contributed by atoms with E-state index >= 15 is 0 Å². The number of benzene rings is 2. The number of nitrogens with one attached hydrogen (secondary N) is 1. The maximum atomic E-state index is 13.1. The zero-order valence-electron chi connectivity index (χ0n) is 15.9. The molecule has 1 fully saturated rings. The van der Waals surface area contributed by atoms with Gasteiger partial charge in [0.05, 0.1) is 24.2 Å². The van der Waals surface area contributed by atoms with Crippen molar-refractivity contribution in [2.24, 2.45) is 5.92 Å². The van der Waals surface area contributed by atoms with Crippen molar-refractivity contribution in [3.8, 4) is 0 Å². The van der Waals surface area contributed by atoms with Crippen molar-refractivity contribution in [2.45, 2.75) is 23.3 Å². The zero-order valence-corrected chi connectivity index (χ0v) is 17.5. The largest absolute Gasteiger partial charge is 0.379 e. The van der Waals surface area contributed by atoms with Crippen LogP contribution >= 0.6 is 11.6 Å². The molecular weight excluding hydrogens is 408 g/mol. The lowest BCUT2D eigenvalue weighted by atomic mass is 9.77. The third-order valence-electron chi connectivity index (χ3n) is 6.15. The van der Waals surface area contributed by atoms with Crippen LogP contribution in [0.5, 0.6) is 0 Å². The van der Waals surface area contributed by atoms with Gasteiger partial charge in [0, 0.05) is 29.7 Å². The fraction of sp³-hybridized carbons (Fsp3) is 0.364. The number of halogens is 1. The summed E-state index contributed by atoms with van der Waals surface area (Å²) in [7, 11) is -3.51. The number of anilines is 1. The first-order valence-electron chi connectivity index (χ1n) is 9.94.